The summed E-state index contributed by atoms with van der Waals surface area (Å²) < 4.78 is 0.713. The number of carboxylic acid groups (broad SMARTS) is 1. The van der Waals surface area contributed by atoms with Crippen LogP contribution in [0.15, 0.2) is 22.7 Å². The quantitative estimate of drug-likeness (QED) is 0.858. The predicted molar refractivity (Wildman–Crippen MR) is 85.7 cm³/mol. The predicted octanol–water partition coefficient (Wildman–Crippen LogP) is 3.48. The second-order valence-electron chi connectivity index (χ2n) is 5.26. The van der Waals surface area contributed by atoms with Crippen molar-refractivity contribution in [3.8, 4) is 0 Å². The molecule has 1 heterocycles. The molecule has 0 radical (unpaired) electrons. The van der Waals surface area contributed by atoms with Gasteiger partial charge in [-0.05, 0) is 52.9 Å². The number of carbonyl (C=O) groups excluding carboxylic acids is 1. The van der Waals surface area contributed by atoms with Crippen molar-refractivity contribution in [2.24, 2.45) is 5.92 Å². The van der Waals surface area contributed by atoms with E-state index in [0.717, 1.165) is 12.8 Å². The van der Waals surface area contributed by atoms with E-state index >= 15 is 0 Å². The van der Waals surface area contributed by atoms with Crippen LogP contribution in [0.5, 0.6) is 0 Å². The van der Waals surface area contributed by atoms with Crippen molar-refractivity contribution in [2.45, 2.75) is 24.3 Å². The molecule has 0 aromatic heterocycles. The highest BCUT2D eigenvalue weighted by Crippen LogP contribution is 2.46. The van der Waals surface area contributed by atoms with Crippen molar-refractivity contribution in [3.63, 3.8) is 0 Å². The monoisotopic (exact) mass is 389 g/mol. The summed E-state index contributed by atoms with van der Waals surface area (Å²) in [6, 6.07) is 4.21. The molecule has 21 heavy (non-hydrogen) atoms. The third-order valence-corrected chi connectivity index (χ3v) is 6.44. The van der Waals surface area contributed by atoms with Crippen molar-refractivity contribution in [1.82, 2.24) is 4.90 Å². The smallest absolute Gasteiger partial charge is 0.327 e. The van der Waals surface area contributed by atoms with Crippen LogP contribution >= 0.6 is 39.3 Å². The molecule has 2 unspecified atom stereocenters. The minimum Gasteiger partial charge on any atom is -0.480 e. The molecule has 1 aliphatic heterocycles. The van der Waals surface area contributed by atoms with Gasteiger partial charge in [-0.1, -0.05) is 11.6 Å². The van der Waals surface area contributed by atoms with Crippen LogP contribution < -0.4 is 0 Å². The Morgan fingerprint density at radius 3 is 2.67 bits per heavy atom. The minimum atomic E-state index is -0.942. The number of hydrogen-bond acceptors (Lipinski definition) is 3. The topological polar surface area (TPSA) is 57.6 Å². The van der Waals surface area contributed by atoms with Crippen molar-refractivity contribution < 1.29 is 14.7 Å². The highest BCUT2D eigenvalue weighted by Gasteiger charge is 2.48. The normalized spacial score (nSPS) is 25.1. The molecule has 0 bridgehead atoms. The lowest BCUT2D eigenvalue weighted by Crippen LogP contribution is -2.46. The van der Waals surface area contributed by atoms with E-state index in [4.69, 9.17) is 11.6 Å². The number of carboxylic acids is 1. The summed E-state index contributed by atoms with van der Waals surface area (Å²) >= 11 is 10.9. The Balaban J connectivity index is 1.91. The Bertz CT molecular complexity index is 608. The maximum absolute atomic E-state index is 12.7. The lowest BCUT2D eigenvalue weighted by Gasteiger charge is -2.27. The lowest BCUT2D eigenvalue weighted by molar-refractivity contribution is -0.141. The van der Waals surface area contributed by atoms with Gasteiger partial charge in [0.1, 0.15) is 6.04 Å². The first-order valence-corrected chi connectivity index (χ1v) is 8.83. The highest BCUT2D eigenvalue weighted by molar-refractivity contribution is 9.10. The van der Waals surface area contributed by atoms with Crippen LogP contribution in [-0.2, 0) is 4.79 Å². The Labute approximate surface area is 140 Å². The Morgan fingerprint density at radius 1 is 1.38 bits per heavy atom. The molecule has 3 rings (SSSR count). The first-order valence-electron chi connectivity index (χ1n) is 6.61. The average molecular weight is 391 g/mol. The van der Waals surface area contributed by atoms with Crippen LogP contribution in [-0.4, -0.2) is 39.1 Å². The van der Waals surface area contributed by atoms with Crippen molar-refractivity contribution in [3.05, 3.63) is 33.3 Å². The number of halogens is 2. The first-order chi connectivity index (χ1) is 9.99. The molecule has 2 atom stereocenters. The van der Waals surface area contributed by atoms with Crippen LogP contribution in [0.3, 0.4) is 0 Å². The van der Waals surface area contributed by atoms with Gasteiger partial charge in [0, 0.05) is 15.8 Å². The van der Waals surface area contributed by atoms with E-state index in [1.54, 1.807) is 30.0 Å². The third-order valence-electron chi connectivity index (χ3n) is 3.75. The number of benzene rings is 1. The van der Waals surface area contributed by atoms with Gasteiger partial charge in [-0.25, -0.2) is 4.79 Å². The van der Waals surface area contributed by atoms with Gasteiger partial charge in [-0.15, -0.1) is 11.8 Å². The maximum atomic E-state index is 12.7. The number of hydrogen-bond donors (Lipinski definition) is 1. The maximum Gasteiger partial charge on any atom is 0.327 e. The standard InChI is InChI=1S/C14H13BrClNO3S/c15-9-4-3-8(5-10(9)16)12(18)17-11(14(19)20)6-21-13(17)7-1-2-7/h3-5,7,11,13H,1-2,6H2,(H,19,20). The molecule has 1 N–H and O–H groups in total. The lowest BCUT2D eigenvalue weighted by atomic mass is 10.1. The van der Waals surface area contributed by atoms with Crippen molar-refractivity contribution in [2.75, 3.05) is 5.75 Å². The molecule has 1 saturated carbocycles. The second-order valence-corrected chi connectivity index (χ2v) is 7.67. The van der Waals surface area contributed by atoms with Gasteiger partial charge in [0.05, 0.1) is 10.4 Å². The minimum absolute atomic E-state index is 0.0268. The molecular weight excluding hydrogens is 378 g/mol. The zero-order valence-corrected chi connectivity index (χ0v) is 14.1. The van der Waals surface area contributed by atoms with E-state index in [0.29, 0.717) is 26.7 Å². The van der Waals surface area contributed by atoms with Gasteiger partial charge in [0.25, 0.3) is 5.91 Å². The average Bonchev–Trinajstić information content (AvgIpc) is 3.19. The van der Waals surface area contributed by atoms with Crippen molar-refractivity contribution >= 4 is 51.2 Å². The summed E-state index contributed by atoms with van der Waals surface area (Å²) in [5, 5.41) is 9.78. The van der Waals surface area contributed by atoms with E-state index < -0.39 is 12.0 Å². The third kappa shape index (κ3) is 2.94. The number of aliphatic carboxylic acids is 1. The largest absolute Gasteiger partial charge is 0.480 e. The number of thioether (sulfide) groups is 1. The fourth-order valence-corrected chi connectivity index (χ4v) is 4.56. The van der Waals surface area contributed by atoms with Gasteiger partial charge in [-0.3, -0.25) is 4.79 Å². The van der Waals surface area contributed by atoms with Crippen LogP contribution in [0, 0.1) is 5.92 Å². The molecule has 1 aliphatic carbocycles. The molecule has 4 nitrogen and oxygen atoms in total. The van der Waals surface area contributed by atoms with E-state index in [2.05, 4.69) is 15.9 Å². The fraction of sp³-hybridized carbons (Fsp3) is 0.429. The van der Waals surface area contributed by atoms with Gasteiger partial charge in [-0.2, -0.15) is 0 Å². The zero-order chi connectivity index (χ0) is 15.1. The summed E-state index contributed by atoms with van der Waals surface area (Å²) in [7, 11) is 0. The molecule has 2 fully saturated rings. The summed E-state index contributed by atoms with van der Waals surface area (Å²) in [6.45, 7) is 0. The number of carbonyl (C=O) groups is 2. The summed E-state index contributed by atoms with van der Waals surface area (Å²) in [5.74, 6) is -0.318. The van der Waals surface area contributed by atoms with Crippen molar-refractivity contribution in [1.29, 1.82) is 0 Å². The Hall–Kier alpha value is -0.720. The molecule has 1 saturated heterocycles. The highest BCUT2D eigenvalue weighted by atomic mass is 79.9. The Kier molecular flexibility index (Phi) is 4.21. The Morgan fingerprint density at radius 2 is 2.10 bits per heavy atom. The van der Waals surface area contributed by atoms with Crippen LogP contribution in [0.25, 0.3) is 0 Å². The van der Waals surface area contributed by atoms with E-state index in [1.807, 2.05) is 0 Å². The summed E-state index contributed by atoms with van der Waals surface area (Å²) in [4.78, 5) is 25.7. The van der Waals surface area contributed by atoms with Gasteiger partial charge < -0.3 is 10.0 Å². The molecule has 1 aromatic rings. The summed E-state index contributed by atoms with van der Waals surface area (Å²) in [5.41, 5.74) is 0.433. The SMILES string of the molecule is O=C(O)C1CSC(C2CC2)N1C(=O)c1ccc(Br)c(Cl)c1. The van der Waals surface area contributed by atoms with Crippen LogP contribution in [0.2, 0.25) is 5.02 Å². The zero-order valence-electron chi connectivity index (χ0n) is 11.0. The fourth-order valence-electron chi connectivity index (χ4n) is 2.50. The molecule has 7 heteroatoms. The van der Waals surface area contributed by atoms with Crippen LogP contribution in [0.1, 0.15) is 23.2 Å². The van der Waals surface area contributed by atoms with Gasteiger partial charge in [0.2, 0.25) is 0 Å². The van der Waals surface area contributed by atoms with Gasteiger partial charge in [0.15, 0.2) is 0 Å². The van der Waals surface area contributed by atoms with E-state index in [1.165, 1.54) is 4.90 Å². The van der Waals surface area contributed by atoms with E-state index in [9.17, 15) is 14.7 Å². The number of rotatable bonds is 3. The number of nitrogens with zero attached hydrogens (tertiary/aromatic N) is 1. The summed E-state index contributed by atoms with van der Waals surface area (Å²) in [6.07, 6.45) is 2.13. The molecule has 112 valence electrons. The van der Waals surface area contributed by atoms with E-state index in [-0.39, 0.29) is 11.3 Å². The number of amides is 1. The first kappa shape index (κ1) is 15.2. The molecule has 1 aromatic carbocycles. The molecule has 0 spiro atoms. The van der Waals surface area contributed by atoms with Gasteiger partial charge >= 0.3 is 5.97 Å². The molecule has 1 amide bonds. The second kappa shape index (κ2) is 5.82. The molecule has 2 aliphatic rings. The van der Waals surface area contributed by atoms with Crippen LogP contribution in [0.4, 0.5) is 0 Å². The molecular formula is C14H13BrClNO3S.